The van der Waals surface area contributed by atoms with Crippen LogP contribution in [0.1, 0.15) is 5.56 Å². The topological polar surface area (TPSA) is 0 Å². The molecule has 0 bridgehead atoms. The van der Waals surface area contributed by atoms with Crippen molar-refractivity contribution in [2.24, 2.45) is 0 Å². The molecule has 0 aliphatic rings. The molecular formula is C25H20. The summed E-state index contributed by atoms with van der Waals surface area (Å²) in [6.45, 7) is 2.12. The van der Waals surface area contributed by atoms with E-state index in [2.05, 4.69) is 104 Å². The largest absolute Gasteiger partial charge is 0.0622 e. The molecule has 0 unspecified atom stereocenters. The van der Waals surface area contributed by atoms with Gasteiger partial charge in [0.25, 0.3) is 0 Å². The van der Waals surface area contributed by atoms with Gasteiger partial charge in [-0.15, -0.1) is 0 Å². The van der Waals surface area contributed by atoms with E-state index in [1.54, 1.807) is 0 Å². The Hall–Kier alpha value is -3.12. The highest BCUT2D eigenvalue weighted by Gasteiger charge is 2.02. The Balaban J connectivity index is 1.59. The van der Waals surface area contributed by atoms with Crippen LogP contribution in [-0.2, 0) is 0 Å². The van der Waals surface area contributed by atoms with E-state index in [0.717, 1.165) is 0 Å². The van der Waals surface area contributed by atoms with E-state index in [0.29, 0.717) is 0 Å². The molecule has 0 aliphatic carbocycles. The predicted molar refractivity (Wildman–Crippen MR) is 107 cm³/mol. The van der Waals surface area contributed by atoms with Crippen LogP contribution in [0.15, 0.2) is 103 Å². The number of rotatable bonds is 3. The van der Waals surface area contributed by atoms with Crippen LogP contribution < -0.4 is 0 Å². The number of aryl methyl sites for hydroxylation is 1. The summed E-state index contributed by atoms with van der Waals surface area (Å²) >= 11 is 0. The molecule has 0 amide bonds. The third-order valence-corrected chi connectivity index (χ3v) is 4.60. The van der Waals surface area contributed by atoms with E-state index in [1.165, 1.54) is 38.9 Å². The van der Waals surface area contributed by atoms with Gasteiger partial charge in [0.15, 0.2) is 0 Å². The average molecular weight is 320 g/mol. The summed E-state index contributed by atoms with van der Waals surface area (Å²) in [6, 6.07) is 36.7. The van der Waals surface area contributed by atoms with Gasteiger partial charge >= 0.3 is 0 Å². The molecule has 4 aromatic rings. The van der Waals surface area contributed by atoms with E-state index in [-0.39, 0.29) is 0 Å². The van der Waals surface area contributed by atoms with Gasteiger partial charge in [-0.1, -0.05) is 109 Å². The second kappa shape index (κ2) is 6.78. The van der Waals surface area contributed by atoms with Crippen molar-refractivity contribution in [1.29, 1.82) is 0 Å². The van der Waals surface area contributed by atoms with Crippen molar-refractivity contribution in [2.45, 2.75) is 6.92 Å². The Morgan fingerprint density at radius 1 is 0.320 bits per heavy atom. The van der Waals surface area contributed by atoms with Crippen molar-refractivity contribution in [2.75, 3.05) is 0 Å². The molecule has 0 saturated heterocycles. The minimum atomic E-state index is 1.25. The van der Waals surface area contributed by atoms with E-state index < -0.39 is 0 Å². The van der Waals surface area contributed by atoms with Crippen LogP contribution in [0.3, 0.4) is 0 Å². The first-order valence-electron chi connectivity index (χ1n) is 8.62. The molecule has 4 aromatic carbocycles. The van der Waals surface area contributed by atoms with Crippen molar-refractivity contribution in [3.05, 3.63) is 109 Å². The summed E-state index contributed by atoms with van der Waals surface area (Å²) < 4.78 is 0. The van der Waals surface area contributed by atoms with Crippen LogP contribution in [-0.4, -0.2) is 0 Å². The second-order valence-electron chi connectivity index (χ2n) is 6.39. The SMILES string of the molecule is Cc1ccc(-c2ccc(-c3ccc(-c4ccccc4)cc3)cc2)cc1. The first-order valence-corrected chi connectivity index (χ1v) is 8.62. The Labute approximate surface area is 149 Å². The smallest absolute Gasteiger partial charge is 0.0184 e. The van der Waals surface area contributed by atoms with E-state index in [4.69, 9.17) is 0 Å². The molecule has 0 fully saturated rings. The molecule has 0 nitrogen and oxygen atoms in total. The summed E-state index contributed by atoms with van der Waals surface area (Å²) in [5.41, 5.74) is 8.80. The molecule has 0 atom stereocenters. The number of hydrogen-bond donors (Lipinski definition) is 0. The van der Waals surface area contributed by atoms with Crippen molar-refractivity contribution in [1.82, 2.24) is 0 Å². The lowest BCUT2D eigenvalue weighted by Crippen LogP contribution is -1.82. The number of benzene rings is 4. The van der Waals surface area contributed by atoms with Gasteiger partial charge in [-0.25, -0.2) is 0 Å². The third-order valence-electron chi connectivity index (χ3n) is 4.60. The van der Waals surface area contributed by atoms with E-state index in [9.17, 15) is 0 Å². The lowest BCUT2D eigenvalue weighted by atomic mass is 9.98. The molecule has 0 N–H and O–H groups in total. The molecule has 0 heteroatoms. The average Bonchev–Trinajstić information content (AvgIpc) is 2.70. The van der Waals surface area contributed by atoms with Gasteiger partial charge < -0.3 is 0 Å². The fourth-order valence-corrected chi connectivity index (χ4v) is 3.09. The van der Waals surface area contributed by atoms with Gasteiger partial charge in [0, 0.05) is 0 Å². The van der Waals surface area contributed by atoms with Gasteiger partial charge in [-0.05, 0) is 40.3 Å². The highest BCUT2D eigenvalue weighted by Crippen LogP contribution is 2.27. The van der Waals surface area contributed by atoms with Crippen molar-refractivity contribution < 1.29 is 0 Å². The van der Waals surface area contributed by atoms with Crippen molar-refractivity contribution in [3.8, 4) is 33.4 Å². The highest BCUT2D eigenvalue weighted by atomic mass is 14.1. The molecule has 0 saturated carbocycles. The monoisotopic (exact) mass is 320 g/mol. The maximum atomic E-state index is 2.20. The molecule has 0 spiro atoms. The number of hydrogen-bond acceptors (Lipinski definition) is 0. The van der Waals surface area contributed by atoms with Crippen LogP contribution >= 0.6 is 0 Å². The zero-order chi connectivity index (χ0) is 17.1. The lowest BCUT2D eigenvalue weighted by molar-refractivity contribution is 1.47. The van der Waals surface area contributed by atoms with Crippen LogP contribution in [0.25, 0.3) is 33.4 Å². The molecule has 25 heavy (non-hydrogen) atoms. The minimum Gasteiger partial charge on any atom is -0.0622 e. The molecule has 4 rings (SSSR count). The normalized spacial score (nSPS) is 10.6. The van der Waals surface area contributed by atoms with Crippen molar-refractivity contribution in [3.63, 3.8) is 0 Å². The van der Waals surface area contributed by atoms with Crippen LogP contribution in [0.5, 0.6) is 0 Å². The quantitative estimate of drug-likeness (QED) is 0.381. The zero-order valence-electron chi connectivity index (χ0n) is 14.3. The maximum Gasteiger partial charge on any atom is -0.0184 e. The zero-order valence-corrected chi connectivity index (χ0v) is 14.3. The van der Waals surface area contributed by atoms with Crippen LogP contribution in [0.4, 0.5) is 0 Å². The molecular weight excluding hydrogens is 300 g/mol. The van der Waals surface area contributed by atoms with Gasteiger partial charge in [-0.2, -0.15) is 0 Å². The Bertz CT molecular complexity index is 945. The predicted octanol–water partition coefficient (Wildman–Crippen LogP) is 7.00. The Morgan fingerprint density at radius 3 is 0.960 bits per heavy atom. The van der Waals surface area contributed by atoms with Crippen LogP contribution in [0.2, 0.25) is 0 Å². The highest BCUT2D eigenvalue weighted by molar-refractivity contribution is 5.73. The minimum absolute atomic E-state index is 1.25. The summed E-state index contributed by atoms with van der Waals surface area (Å²) in [6.07, 6.45) is 0. The standard InChI is InChI=1S/C25H20/c1-19-7-9-21(10-8-19)23-15-17-25(18-16-23)24-13-11-22(12-14-24)20-5-3-2-4-6-20/h2-18H,1H3. The van der Waals surface area contributed by atoms with Gasteiger partial charge in [0.1, 0.15) is 0 Å². The summed E-state index contributed by atoms with van der Waals surface area (Å²) in [5, 5.41) is 0. The molecule has 0 radical (unpaired) electrons. The van der Waals surface area contributed by atoms with Crippen LogP contribution in [0, 0.1) is 6.92 Å². The van der Waals surface area contributed by atoms with Gasteiger partial charge in [0.2, 0.25) is 0 Å². The lowest BCUT2D eigenvalue weighted by Gasteiger charge is -2.07. The fourth-order valence-electron chi connectivity index (χ4n) is 3.09. The second-order valence-corrected chi connectivity index (χ2v) is 6.39. The maximum absolute atomic E-state index is 2.20. The van der Waals surface area contributed by atoms with E-state index >= 15 is 0 Å². The summed E-state index contributed by atoms with van der Waals surface area (Å²) in [4.78, 5) is 0. The van der Waals surface area contributed by atoms with Gasteiger partial charge in [0.05, 0.1) is 0 Å². The molecule has 0 aromatic heterocycles. The Kier molecular flexibility index (Phi) is 4.18. The van der Waals surface area contributed by atoms with Crippen molar-refractivity contribution >= 4 is 0 Å². The summed E-state index contributed by atoms with van der Waals surface area (Å²) in [5.74, 6) is 0. The molecule has 0 aliphatic heterocycles. The molecule has 0 heterocycles. The van der Waals surface area contributed by atoms with E-state index in [1.807, 2.05) is 6.07 Å². The third kappa shape index (κ3) is 3.39. The first-order chi connectivity index (χ1) is 12.3. The fraction of sp³-hybridized carbons (Fsp3) is 0.0400. The summed E-state index contributed by atoms with van der Waals surface area (Å²) in [7, 11) is 0. The first kappa shape index (κ1) is 15.4. The Morgan fingerprint density at radius 2 is 0.600 bits per heavy atom. The van der Waals surface area contributed by atoms with Gasteiger partial charge in [-0.3, -0.25) is 0 Å². The molecule has 120 valence electrons.